The fourth-order valence-corrected chi connectivity index (χ4v) is 2.32. The number of aromatic nitrogens is 3. The van der Waals surface area contributed by atoms with Gasteiger partial charge in [-0.25, -0.2) is 4.68 Å². The summed E-state index contributed by atoms with van der Waals surface area (Å²) >= 11 is 0. The van der Waals surface area contributed by atoms with Crippen LogP contribution in [-0.4, -0.2) is 33.8 Å². The van der Waals surface area contributed by atoms with E-state index in [1.807, 2.05) is 7.05 Å². The van der Waals surface area contributed by atoms with E-state index in [9.17, 15) is 4.79 Å². The highest BCUT2D eigenvalue weighted by Gasteiger charge is 2.31. The molecule has 3 rings (SSSR count). The number of nitrogens with one attached hydrogen (secondary N) is 2. The molecule has 0 atom stereocenters. The zero-order valence-electron chi connectivity index (χ0n) is 10.6. The molecule has 1 aromatic heterocycles. The van der Waals surface area contributed by atoms with Crippen molar-refractivity contribution in [3.63, 3.8) is 0 Å². The molecule has 1 aromatic rings. The third-order valence-corrected chi connectivity index (χ3v) is 3.67. The Bertz CT molecular complexity index is 445. The Labute approximate surface area is 106 Å². The number of anilines is 1. The number of hydrogen-bond donors (Lipinski definition) is 2. The summed E-state index contributed by atoms with van der Waals surface area (Å²) in [6, 6.07) is 0. The van der Waals surface area contributed by atoms with Gasteiger partial charge in [-0.1, -0.05) is 0 Å². The van der Waals surface area contributed by atoms with Crippen LogP contribution in [0.4, 0.5) is 5.95 Å². The molecule has 1 amide bonds. The predicted molar refractivity (Wildman–Crippen MR) is 67.2 cm³/mol. The van der Waals surface area contributed by atoms with Gasteiger partial charge >= 0.3 is 0 Å². The molecule has 1 saturated carbocycles. The highest BCUT2D eigenvalue weighted by molar-refractivity contribution is 5.92. The molecule has 0 aromatic carbocycles. The second-order valence-corrected chi connectivity index (χ2v) is 5.21. The normalized spacial score (nSPS) is 20.9. The van der Waals surface area contributed by atoms with Crippen LogP contribution in [0.1, 0.15) is 37.4 Å². The molecular weight excluding hydrogens is 230 g/mol. The van der Waals surface area contributed by atoms with Gasteiger partial charge in [0.05, 0.1) is 0 Å². The molecule has 2 aliphatic rings. The third kappa shape index (κ3) is 2.38. The number of hydrogen-bond acceptors (Lipinski definition) is 4. The maximum absolute atomic E-state index is 11.7. The van der Waals surface area contributed by atoms with Crippen molar-refractivity contribution in [1.82, 2.24) is 20.1 Å². The molecule has 0 unspecified atom stereocenters. The van der Waals surface area contributed by atoms with Crippen molar-refractivity contribution in [2.75, 3.05) is 18.4 Å². The summed E-state index contributed by atoms with van der Waals surface area (Å²) in [7, 11) is 1.83. The number of carbonyl (C=O) groups is 1. The van der Waals surface area contributed by atoms with Crippen molar-refractivity contribution in [3.05, 3.63) is 5.82 Å². The van der Waals surface area contributed by atoms with Crippen molar-refractivity contribution in [3.8, 4) is 0 Å². The molecule has 2 heterocycles. The zero-order valence-corrected chi connectivity index (χ0v) is 10.6. The van der Waals surface area contributed by atoms with Gasteiger partial charge in [0.2, 0.25) is 11.9 Å². The van der Waals surface area contributed by atoms with Crippen LogP contribution in [0.3, 0.4) is 0 Å². The van der Waals surface area contributed by atoms with Gasteiger partial charge in [0.1, 0.15) is 0 Å². The molecule has 0 bridgehead atoms. The Kier molecular flexibility index (Phi) is 3.03. The number of rotatable bonds is 3. The number of aryl methyl sites for hydroxylation is 1. The van der Waals surface area contributed by atoms with Crippen LogP contribution in [0.2, 0.25) is 0 Å². The Morgan fingerprint density at radius 3 is 2.72 bits per heavy atom. The Morgan fingerprint density at radius 2 is 2.06 bits per heavy atom. The minimum Gasteiger partial charge on any atom is -0.317 e. The van der Waals surface area contributed by atoms with Gasteiger partial charge in [0.25, 0.3) is 0 Å². The molecule has 2 N–H and O–H groups in total. The molecule has 0 radical (unpaired) electrons. The van der Waals surface area contributed by atoms with E-state index in [0.29, 0.717) is 11.9 Å². The highest BCUT2D eigenvalue weighted by atomic mass is 16.2. The van der Waals surface area contributed by atoms with Crippen LogP contribution in [0.15, 0.2) is 0 Å². The van der Waals surface area contributed by atoms with E-state index in [2.05, 4.69) is 20.7 Å². The molecule has 6 nitrogen and oxygen atoms in total. The van der Waals surface area contributed by atoms with E-state index in [-0.39, 0.29) is 11.8 Å². The summed E-state index contributed by atoms with van der Waals surface area (Å²) in [6.07, 6.45) is 4.15. The van der Waals surface area contributed by atoms with Crippen LogP contribution in [0, 0.1) is 5.92 Å². The molecular formula is C12H19N5O. The lowest BCUT2D eigenvalue weighted by molar-refractivity contribution is -0.117. The van der Waals surface area contributed by atoms with Gasteiger partial charge in [-0.05, 0) is 38.8 Å². The second kappa shape index (κ2) is 4.68. The lowest BCUT2D eigenvalue weighted by Gasteiger charge is -2.19. The Morgan fingerprint density at radius 1 is 1.33 bits per heavy atom. The minimum atomic E-state index is 0.0855. The van der Waals surface area contributed by atoms with Crippen molar-refractivity contribution in [2.24, 2.45) is 13.0 Å². The van der Waals surface area contributed by atoms with Crippen LogP contribution in [-0.2, 0) is 11.8 Å². The fourth-order valence-electron chi connectivity index (χ4n) is 2.32. The number of piperidine rings is 1. The summed E-state index contributed by atoms with van der Waals surface area (Å²) in [5.74, 6) is 2.15. The quantitative estimate of drug-likeness (QED) is 0.824. The van der Waals surface area contributed by atoms with Crippen molar-refractivity contribution < 1.29 is 4.79 Å². The maximum Gasteiger partial charge on any atom is 0.229 e. The van der Waals surface area contributed by atoms with Crippen LogP contribution < -0.4 is 10.6 Å². The Hall–Kier alpha value is -1.43. The third-order valence-electron chi connectivity index (χ3n) is 3.67. The SMILES string of the molecule is Cn1nc(C2CCNCC2)nc1NC(=O)C1CC1. The minimum absolute atomic E-state index is 0.0855. The van der Waals surface area contributed by atoms with Gasteiger partial charge in [-0.15, -0.1) is 0 Å². The summed E-state index contributed by atoms with van der Waals surface area (Å²) in [5.41, 5.74) is 0. The molecule has 1 aliphatic carbocycles. The fraction of sp³-hybridized carbons (Fsp3) is 0.750. The molecule has 98 valence electrons. The van der Waals surface area contributed by atoms with Gasteiger partial charge in [0, 0.05) is 18.9 Å². The van der Waals surface area contributed by atoms with E-state index >= 15 is 0 Å². The van der Waals surface area contributed by atoms with E-state index in [0.717, 1.165) is 44.6 Å². The summed E-state index contributed by atoms with van der Waals surface area (Å²) in [4.78, 5) is 16.2. The summed E-state index contributed by atoms with van der Waals surface area (Å²) < 4.78 is 1.68. The molecule has 2 fully saturated rings. The van der Waals surface area contributed by atoms with E-state index in [4.69, 9.17) is 0 Å². The predicted octanol–water partition coefficient (Wildman–Crippen LogP) is 0.631. The molecule has 6 heteroatoms. The smallest absolute Gasteiger partial charge is 0.229 e. The van der Waals surface area contributed by atoms with Crippen molar-refractivity contribution in [1.29, 1.82) is 0 Å². The molecule has 1 aliphatic heterocycles. The van der Waals surface area contributed by atoms with Crippen molar-refractivity contribution >= 4 is 11.9 Å². The van der Waals surface area contributed by atoms with Gasteiger partial charge < -0.3 is 5.32 Å². The first kappa shape index (κ1) is 11.6. The standard InChI is InChI=1S/C12H19N5O/c1-17-12(15-11(18)9-2-3-9)14-10(16-17)8-4-6-13-7-5-8/h8-9,13H,2-7H2,1H3,(H,14,15,16,18). The Balaban J connectivity index is 1.70. The lowest BCUT2D eigenvalue weighted by atomic mass is 9.98. The summed E-state index contributed by atoms with van der Waals surface area (Å²) in [5, 5.41) is 10.6. The average molecular weight is 249 g/mol. The van der Waals surface area contributed by atoms with Crippen molar-refractivity contribution in [2.45, 2.75) is 31.6 Å². The zero-order chi connectivity index (χ0) is 12.5. The first-order valence-electron chi connectivity index (χ1n) is 6.66. The van der Waals surface area contributed by atoms with Gasteiger partial charge in [0.15, 0.2) is 5.82 Å². The summed E-state index contributed by atoms with van der Waals surface area (Å²) in [6.45, 7) is 2.04. The second-order valence-electron chi connectivity index (χ2n) is 5.21. The monoisotopic (exact) mass is 249 g/mol. The topological polar surface area (TPSA) is 71.8 Å². The molecule has 0 spiro atoms. The first-order chi connectivity index (χ1) is 8.74. The largest absolute Gasteiger partial charge is 0.317 e. The van der Waals surface area contributed by atoms with Crippen LogP contribution >= 0.6 is 0 Å². The van der Waals surface area contributed by atoms with E-state index in [1.54, 1.807) is 4.68 Å². The number of carbonyl (C=O) groups excluding carboxylic acids is 1. The number of nitrogens with zero attached hydrogens (tertiary/aromatic N) is 3. The average Bonchev–Trinajstić information content (AvgIpc) is 3.17. The lowest BCUT2D eigenvalue weighted by Crippen LogP contribution is -2.27. The van der Waals surface area contributed by atoms with Crippen LogP contribution in [0.5, 0.6) is 0 Å². The van der Waals surface area contributed by atoms with Gasteiger partial charge in [-0.2, -0.15) is 10.1 Å². The van der Waals surface area contributed by atoms with Gasteiger partial charge in [-0.3, -0.25) is 10.1 Å². The first-order valence-corrected chi connectivity index (χ1v) is 6.66. The highest BCUT2D eigenvalue weighted by Crippen LogP contribution is 2.30. The number of amides is 1. The van der Waals surface area contributed by atoms with Crippen LogP contribution in [0.25, 0.3) is 0 Å². The van der Waals surface area contributed by atoms with E-state index < -0.39 is 0 Å². The maximum atomic E-state index is 11.7. The molecule has 1 saturated heterocycles. The molecule has 18 heavy (non-hydrogen) atoms. The van der Waals surface area contributed by atoms with E-state index in [1.165, 1.54) is 0 Å².